The van der Waals surface area contributed by atoms with Crippen molar-refractivity contribution in [1.29, 1.82) is 0 Å². The van der Waals surface area contributed by atoms with Gasteiger partial charge in [-0.2, -0.15) is 0 Å². The number of urea groups is 1. The number of primary amides is 1. The number of nitrogens with one attached hydrogen (secondary N) is 1. The van der Waals surface area contributed by atoms with E-state index in [0.29, 0.717) is 16.5 Å². The summed E-state index contributed by atoms with van der Waals surface area (Å²) in [6.07, 6.45) is 1.47. The number of rotatable bonds is 5. The summed E-state index contributed by atoms with van der Waals surface area (Å²) < 4.78 is 11.0. The fraction of sp³-hybridized carbons (Fsp3) is 0.200. The lowest BCUT2D eigenvalue weighted by Crippen LogP contribution is -2.38. The van der Waals surface area contributed by atoms with Crippen molar-refractivity contribution in [2.24, 2.45) is 5.73 Å². The first-order chi connectivity index (χ1) is 11.4. The van der Waals surface area contributed by atoms with Crippen molar-refractivity contribution in [1.82, 2.24) is 9.88 Å². The van der Waals surface area contributed by atoms with Gasteiger partial charge in [0.15, 0.2) is 6.61 Å². The highest BCUT2D eigenvalue weighted by Crippen LogP contribution is 2.22. The van der Waals surface area contributed by atoms with Crippen molar-refractivity contribution in [3.8, 4) is 0 Å². The number of fused-ring (bicyclic) bond motifs is 1. The molecule has 2 aromatic rings. The standard InChI is InChI=1S/C15H15N3O6/c1-23-14(21)10-6-18(11-5-3-2-4-9(10)11)7-13(20)24-8-12(19)17-15(16)22/h2-6H,7-8H2,1H3,(H3,16,17,19,22). The SMILES string of the molecule is COC(=O)c1cn(CC(=O)OCC(=O)NC(N)=O)c2ccccc12. The minimum Gasteiger partial charge on any atom is -0.465 e. The highest BCUT2D eigenvalue weighted by atomic mass is 16.5. The molecule has 0 spiro atoms. The molecular weight excluding hydrogens is 318 g/mol. The number of ether oxygens (including phenoxy) is 2. The number of nitrogens with zero attached hydrogens (tertiary/aromatic N) is 1. The van der Waals surface area contributed by atoms with Crippen LogP contribution in [-0.2, 0) is 25.6 Å². The van der Waals surface area contributed by atoms with Crippen LogP contribution in [0.1, 0.15) is 10.4 Å². The number of hydrogen-bond acceptors (Lipinski definition) is 6. The van der Waals surface area contributed by atoms with Crippen LogP contribution in [-0.4, -0.2) is 42.2 Å². The average Bonchev–Trinajstić information content (AvgIpc) is 2.90. The third-order valence-corrected chi connectivity index (χ3v) is 3.12. The molecule has 0 aliphatic heterocycles. The molecule has 1 heterocycles. The van der Waals surface area contributed by atoms with E-state index in [1.54, 1.807) is 29.6 Å². The molecule has 1 aromatic carbocycles. The van der Waals surface area contributed by atoms with Gasteiger partial charge in [0, 0.05) is 17.1 Å². The van der Waals surface area contributed by atoms with Gasteiger partial charge < -0.3 is 19.8 Å². The molecule has 126 valence electrons. The van der Waals surface area contributed by atoms with Gasteiger partial charge in [0.05, 0.1) is 12.7 Å². The fourth-order valence-corrected chi connectivity index (χ4v) is 2.15. The summed E-state index contributed by atoms with van der Waals surface area (Å²) in [5.74, 6) is -2.07. The largest absolute Gasteiger partial charge is 0.465 e. The second kappa shape index (κ2) is 7.27. The monoisotopic (exact) mass is 333 g/mol. The Balaban J connectivity index is 2.12. The maximum Gasteiger partial charge on any atom is 0.340 e. The first-order valence-corrected chi connectivity index (χ1v) is 6.83. The Bertz CT molecular complexity index is 811. The van der Waals surface area contributed by atoms with E-state index in [4.69, 9.17) is 15.2 Å². The zero-order valence-corrected chi connectivity index (χ0v) is 12.8. The second-order valence-electron chi connectivity index (χ2n) is 4.75. The average molecular weight is 333 g/mol. The third kappa shape index (κ3) is 3.88. The number of nitrogens with two attached hydrogens (primary N) is 1. The molecule has 2 rings (SSSR count). The summed E-state index contributed by atoms with van der Waals surface area (Å²) in [5, 5.41) is 2.40. The highest BCUT2D eigenvalue weighted by Gasteiger charge is 2.17. The molecule has 3 amide bonds. The van der Waals surface area contributed by atoms with E-state index in [2.05, 4.69) is 0 Å². The number of hydrogen-bond donors (Lipinski definition) is 2. The van der Waals surface area contributed by atoms with E-state index in [9.17, 15) is 19.2 Å². The Morgan fingerprint density at radius 2 is 1.92 bits per heavy atom. The number of methoxy groups -OCH3 is 1. The molecule has 9 heteroatoms. The number of esters is 2. The summed E-state index contributed by atoms with van der Waals surface area (Å²) in [6, 6.07) is 5.94. The molecule has 0 aliphatic carbocycles. The van der Waals surface area contributed by atoms with Crippen LogP contribution >= 0.6 is 0 Å². The van der Waals surface area contributed by atoms with E-state index < -0.39 is 30.5 Å². The van der Waals surface area contributed by atoms with Gasteiger partial charge in [-0.15, -0.1) is 0 Å². The minimum atomic E-state index is -1.03. The van der Waals surface area contributed by atoms with Gasteiger partial charge in [0.25, 0.3) is 5.91 Å². The molecule has 0 saturated heterocycles. The molecule has 24 heavy (non-hydrogen) atoms. The predicted molar refractivity (Wildman–Crippen MR) is 82.0 cm³/mol. The molecule has 0 saturated carbocycles. The van der Waals surface area contributed by atoms with Crippen molar-refractivity contribution in [3.05, 3.63) is 36.0 Å². The number of para-hydroxylation sites is 1. The van der Waals surface area contributed by atoms with Crippen LogP contribution in [0.4, 0.5) is 4.79 Å². The lowest BCUT2D eigenvalue weighted by Gasteiger charge is -2.06. The Labute approximate surface area is 136 Å². The zero-order valence-electron chi connectivity index (χ0n) is 12.8. The Morgan fingerprint density at radius 3 is 2.58 bits per heavy atom. The number of carbonyl (C=O) groups is 4. The first-order valence-electron chi connectivity index (χ1n) is 6.83. The third-order valence-electron chi connectivity index (χ3n) is 3.12. The maximum atomic E-state index is 11.8. The molecule has 0 fully saturated rings. The molecule has 3 N–H and O–H groups in total. The van der Waals surface area contributed by atoms with E-state index in [0.717, 1.165) is 0 Å². The van der Waals surface area contributed by atoms with E-state index >= 15 is 0 Å². The first kappa shape index (κ1) is 17.0. The maximum absolute atomic E-state index is 11.8. The van der Waals surface area contributed by atoms with E-state index in [1.807, 2.05) is 0 Å². The molecule has 0 radical (unpaired) electrons. The van der Waals surface area contributed by atoms with Crippen LogP contribution in [0.2, 0.25) is 0 Å². The Morgan fingerprint density at radius 1 is 1.21 bits per heavy atom. The molecular formula is C15H15N3O6. The lowest BCUT2D eigenvalue weighted by molar-refractivity contribution is -0.148. The molecule has 9 nitrogen and oxygen atoms in total. The second-order valence-corrected chi connectivity index (χ2v) is 4.75. The van der Waals surface area contributed by atoms with Gasteiger partial charge in [-0.1, -0.05) is 18.2 Å². The van der Waals surface area contributed by atoms with Crippen molar-refractivity contribution in [3.63, 3.8) is 0 Å². The Kier molecular flexibility index (Phi) is 5.15. The van der Waals surface area contributed by atoms with Crippen LogP contribution in [0, 0.1) is 0 Å². The van der Waals surface area contributed by atoms with Crippen molar-refractivity contribution in [2.75, 3.05) is 13.7 Å². The van der Waals surface area contributed by atoms with Crippen molar-refractivity contribution in [2.45, 2.75) is 6.54 Å². The van der Waals surface area contributed by atoms with Gasteiger partial charge in [-0.25, -0.2) is 9.59 Å². The lowest BCUT2D eigenvalue weighted by atomic mass is 10.2. The highest BCUT2D eigenvalue weighted by molar-refractivity contribution is 6.04. The number of imide groups is 1. The zero-order chi connectivity index (χ0) is 17.7. The fourth-order valence-electron chi connectivity index (χ4n) is 2.15. The summed E-state index contributed by atoms with van der Waals surface area (Å²) in [4.78, 5) is 45.3. The molecule has 0 atom stereocenters. The predicted octanol–water partition coefficient (Wildman–Crippen LogP) is 0.166. The van der Waals surface area contributed by atoms with Crippen molar-refractivity contribution < 1.29 is 28.7 Å². The quantitative estimate of drug-likeness (QED) is 0.750. The van der Waals surface area contributed by atoms with Gasteiger partial charge in [-0.3, -0.25) is 14.9 Å². The van der Waals surface area contributed by atoms with Gasteiger partial charge in [0.2, 0.25) is 0 Å². The van der Waals surface area contributed by atoms with E-state index in [1.165, 1.54) is 17.9 Å². The van der Waals surface area contributed by atoms with Crippen molar-refractivity contribution >= 4 is 34.8 Å². The summed E-state index contributed by atoms with van der Waals surface area (Å²) in [6.45, 7) is -0.855. The normalized spacial score (nSPS) is 10.2. The molecule has 0 bridgehead atoms. The van der Waals surface area contributed by atoms with Gasteiger partial charge >= 0.3 is 18.0 Å². The van der Waals surface area contributed by atoms with Crippen LogP contribution in [0.15, 0.2) is 30.5 Å². The van der Waals surface area contributed by atoms with Crippen LogP contribution in [0.5, 0.6) is 0 Å². The summed E-state index contributed by atoms with van der Waals surface area (Å²) in [5.41, 5.74) is 5.72. The number of amides is 3. The Hall–Kier alpha value is -3.36. The van der Waals surface area contributed by atoms with Crippen LogP contribution in [0.25, 0.3) is 10.9 Å². The molecule has 1 aromatic heterocycles. The molecule has 0 unspecified atom stereocenters. The topological polar surface area (TPSA) is 130 Å². The number of benzene rings is 1. The summed E-state index contributed by atoms with van der Waals surface area (Å²) in [7, 11) is 1.26. The minimum absolute atomic E-state index is 0.221. The van der Waals surface area contributed by atoms with Gasteiger partial charge in [0.1, 0.15) is 6.54 Å². The van der Waals surface area contributed by atoms with Gasteiger partial charge in [-0.05, 0) is 6.07 Å². The van der Waals surface area contributed by atoms with Crippen LogP contribution < -0.4 is 11.1 Å². The smallest absolute Gasteiger partial charge is 0.340 e. The molecule has 0 aliphatic rings. The number of aromatic nitrogens is 1. The van der Waals surface area contributed by atoms with Crippen LogP contribution in [0.3, 0.4) is 0 Å². The summed E-state index contributed by atoms with van der Waals surface area (Å²) >= 11 is 0. The number of carbonyl (C=O) groups excluding carboxylic acids is 4. The van der Waals surface area contributed by atoms with E-state index in [-0.39, 0.29) is 6.54 Å².